The number of benzene rings is 3. The number of ether oxygens (including phenoxy) is 1. The van der Waals surface area contributed by atoms with E-state index in [1.54, 1.807) is 29.7 Å². The number of hydrogen-bond acceptors (Lipinski definition) is 4. The number of aryl methyl sites for hydroxylation is 1. The molecule has 0 aliphatic heterocycles. The van der Waals surface area contributed by atoms with Crippen molar-refractivity contribution in [2.24, 2.45) is 4.99 Å². The van der Waals surface area contributed by atoms with E-state index in [-0.39, 0.29) is 5.91 Å². The van der Waals surface area contributed by atoms with Crippen LogP contribution >= 0.6 is 50.5 Å². The van der Waals surface area contributed by atoms with Crippen LogP contribution in [0.2, 0.25) is 10.0 Å². The summed E-state index contributed by atoms with van der Waals surface area (Å²) in [5.74, 6) is 0.350. The zero-order chi connectivity index (χ0) is 25.8. The number of para-hydroxylation sites is 1. The molecule has 4 nitrogen and oxygen atoms in total. The predicted octanol–water partition coefficient (Wildman–Crippen LogP) is 9.28. The van der Waals surface area contributed by atoms with Crippen LogP contribution in [0.1, 0.15) is 44.8 Å². The van der Waals surface area contributed by atoms with Gasteiger partial charge in [-0.1, -0.05) is 69.5 Å². The molecule has 0 spiro atoms. The summed E-state index contributed by atoms with van der Waals surface area (Å²) in [4.78, 5) is 19.4. The molecule has 1 heterocycles. The van der Waals surface area contributed by atoms with E-state index in [1.165, 1.54) is 4.88 Å². The van der Waals surface area contributed by atoms with Gasteiger partial charge in [0.05, 0.1) is 10.6 Å². The molecule has 0 atom stereocenters. The maximum atomic E-state index is 13.4. The number of fused-ring (bicyclic) bond motifs is 1. The Morgan fingerprint density at radius 3 is 2.59 bits per heavy atom. The summed E-state index contributed by atoms with van der Waals surface area (Å²) in [6, 6.07) is 20.8. The summed E-state index contributed by atoms with van der Waals surface area (Å²) in [5, 5.41) is 4.59. The molecule has 37 heavy (non-hydrogen) atoms. The molecular weight excluding hydrogens is 591 g/mol. The summed E-state index contributed by atoms with van der Waals surface area (Å²) in [7, 11) is 0. The first-order chi connectivity index (χ1) is 18.0. The molecule has 0 fully saturated rings. The third-order valence-electron chi connectivity index (χ3n) is 6.07. The van der Waals surface area contributed by atoms with Crippen molar-refractivity contribution in [3.05, 3.63) is 108 Å². The van der Waals surface area contributed by atoms with Gasteiger partial charge in [0.2, 0.25) is 0 Å². The fraction of sp³-hybridized carbons (Fsp3) is 0.172. The van der Waals surface area contributed by atoms with Crippen molar-refractivity contribution in [1.82, 2.24) is 0 Å². The molecule has 3 aromatic carbocycles. The van der Waals surface area contributed by atoms with E-state index in [1.807, 2.05) is 54.6 Å². The summed E-state index contributed by atoms with van der Waals surface area (Å²) in [5.41, 5.74) is 4.15. The van der Waals surface area contributed by atoms with Crippen molar-refractivity contribution in [3.63, 3.8) is 0 Å². The third kappa shape index (κ3) is 6.27. The van der Waals surface area contributed by atoms with Crippen molar-refractivity contribution in [2.45, 2.75) is 32.3 Å². The number of thiophene rings is 1. The number of hydrogen-bond donors (Lipinski definition) is 1. The summed E-state index contributed by atoms with van der Waals surface area (Å²) < 4.78 is 7.10. The zero-order valence-corrected chi connectivity index (χ0v) is 23.7. The Bertz CT molecular complexity index is 1450. The standard InChI is InChI=1S/C29H23BrCl2N2O2S/c30-20-12-10-18(11-13-20)17-36-27-19(14-21(31)15-24(27)32)16-33-29-26(23-8-4-5-9-25(23)37-29)28(35)34-22-6-2-1-3-7-22/h1-3,6-7,10-16H,4-5,8-9,17H2,(H,34,35). The van der Waals surface area contributed by atoms with E-state index < -0.39 is 0 Å². The number of anilines is 1. The Labute approximate surface area is 238 Å². The minimum Gasteiger partial charge on any atom is -0.487 e. The molecule has 0 saturated carbocycles. The number of aliphatic imine (C=N–C) groups is 1. The first-order valence-electron chi connectivity index (χ1n) is 11.9. The van der Waals surface area contributed by atoms with Gasteiger partial charge in [-0.25, -0.2) is 4.99 Å². The maximum Gasteiger partial charge on any atom is 0.259 e. The predicted molar refractivity (Wildman–Crippen MR) is 158 cm³/mol. The molecule has 1 aliphatic carbocycles. The Kier molecular flexibility index (Phi) is 8.30. The molecule has 8 heteroatoms. The third-order valence-corrected chi connectivity index (χ3v) is 8.29. The van der Waals surface area contributed by atoms with Crippen molar-refractivity contribution in [1.29, 1.82) is 0 Å². The van der Waals surface area contributed by atoms with Crippen LogP contribution in [-0.4, -0.2) is 12.1 Å². The van der Waals surface area contributed by atoms with E-state index in [0.29, 0.717) is 38.5 Å². The van der Waals surface area contributed by atoms with Crippen LogP contribution in [0.15, 0.2) is 76.2 Å². The van der Waals surface area contributed by atoms with Crippen molar-refractivity contribution < 1.29 is 9.53 Å². The van der Waals surface area contributed by atoms with Crippen LogP contribution < -0.4 is 10.1 Å². The fourth-order valence-electron chi connectivity index (χ4n) is 4.28. The second-order valence-corrected chi connectivity index (χ2v) is 11.5. The number of nitrogens with one attached hydrogen (secondary N) is 1. The van der Waals surface area contributed by atoms with Crippen LogP contribution in [0.25, 0.3) is 0 Å². The lowest BCUT2D eigenvalue weighted by Crippen LogP contribution is -2.14. The average Bonchev–Trinajstić information content (AvgIpc) is 3.27. The quantitative estimate of drug-likeness (QED) is 0.211. The summed E-state index contributed by atoms with van der Waals surface area (Å²) in [6.07, 6.45) is 5.71. The van der Waals surface area contributed by atoms with E-state index in [9.17, 15) is 4.79 Å². The van der Waals surface area contributed by atoms with E-state index in [0.717, 1.165) is 47.0 Å². The van der Waals surface area contributed by atoms with E-state index in [2.05, 4.69) is 21.2 Å². The van der Waals surface area contributed by atoms with Gasteiger partial charge in [-0.15, -0.1) is 11.3 Å². The highest BCUT2D eigenvalue weighted by Crippen LogP contribution is 2.41. The molecule has 1 aromatic heterocycles. The molecule has 188 valence electrons. The van der Waals surface area contributed by atoms with Crippen LogP contribution in [0.4, 0.5) is 10.7 Å². The van der Waals surface area contributed by atoms with Crippen molar-refractivity contribution >= 4 is 73.3 Å². The number of halogens is 3. The van der Waals surface area contributed by atoms with Gasteiger partial charge in [-0.3, -0.25) is 4.79 Å². The van der Waals surface area contributed by atoms with Gasteiger partial charge in [0.15, 0.2) is 0 Å². The second kappa shape index (κ2) is 11.8. The van der Waals surface area contributed by atoms with Gasteiger partial charge in [0.25, 0.3) is 5.91 Å². The molecule has 4 aromatic rings. The van der Waals surface area contributed by atoms with Gasteiger partial charge in [0.1, 0.15) is 17.4 Å². The van der Waals surface area contributed by atoms with E-state index >= 15 is 0 Å². The Hall–Kier alpha value is -2.64. The zero-order valence-electron chi connectivity index (χ0n) is 19.8. The number of nitrogens with zero attached hydrogens (tertiary/aromatic N) is 1. The molecule has 5 rings (SSSR count). The average molecular weight is 614 g/mol. The molecule has 0 radical (unpaired) electrons. The Morgan fingerprint density at radius 2 is 1.81 bits per heavy atom. The Morgan fingerprint density at radius 1 is 1.05 bits per heavy atom. The lowest BCUT2D eigenvalue weighted by Gasteiger charge is -2.13. The summed E-state index contributed by atoms with van der Waals surface area (Å²) >= 11 is 17.9. The van der Waals surface area contributed by atoms with Crippen LogP contribution in [-0.2, 0) is 19.4 Å². The first kappa shape index (κ1) is 26.0. The smallest absolute Gasteiger partial charge is 0.259 e. The van der Waals surface area contributed by atoms with Crippen LogP contribution in [0, 0.1) is 0 Å². The molecule has 1 amide bonds. The minimum atomic E-state index is -0.145. The molecule has 1 N–H and O–H groups in total. The van der Waals surface area contributed by atoms with Crippen molar-refractivity contribution in [3.8, 4) is 5.75 Å². The van der Waals surface area contributed by atoms with Crippen LogP contribution in [0.5, 0.6) is 5.75 Å². The molecule has 0 unspecified atom stereocenters. The molecule has 1 aliphatic rings. The second-order valence-electron chi connectivity index (χ2n) is 8.69. The fourth-order valence-corrected chi connectivity index (χ4v) is 6.34. The summed E-state index contributed by atoms with van der Waals surface area (Å²) in [6.45, 7) is 0.341. The highest BCUT2D eigenvalue weighted by Gasteiger charge is 2.25. The highest BCUT2D eigenvalue weighted by atomic mass is 79.9. The lowest BCUT2D eigenvalue weighted by atomic mass is 9.95. The normalized spacial score (nSPS) is 12.9. The number of amides is 1. The Balaban J connectivity index is 1.46. The van der Waals surface area contributed by atoms with Crippen LogP contribution in [0.3, 0.4) is 0 Å². The highest BCUT2D eigenvalue weighted by molar-refractivity contribution is 9.10. The number of carbonyl (C=O) groups is 1. The monoisotopic (exact) mass is 612 g/mol. The molecule has 0 bridgehead atoms. The van der Waals surface area contributed by atoms with Gasteiger partial charge in [-0.05, 0) is 73.2 Å². The SMILES string of the molecule is O=C(Nc1ccccc1)c1c(N=Cc2cc(Cl)cc(Cl)c2OCc2ccc(Br)cc2)sc2c1CCCC2. The van der Waals surface area contributed by atoms with Gasteiger partial charge in [-0.2, -0.15) is 0 Å². The van der Waals surface area contributed by atoms with Gasteiger partial charge >= 0.3 is 0 Å². The largest absolute Gasteiger partial charge is 0.487 e. The lowest BCUT2D eigenvalue weighted by molar-refractivity contribution is 0.102. The minimum absolute atomic E-state index is 0.145. The molecule has 0 saturated heterocycles. The number of carbonyl (C=O) groups excluding carboxylic acids is 1. The maximum absolute atomic E-state index is 13.4. The first-order valence-corrected chi connectivity index (χ1v) is 14.3. The van der Waals surface area contributed by atoms with Gasteiger partial charge < -0.3 is 10.1 Å². The number of rotatable bonds is 7. The van der Waals surface area contributed by atoms with Gasteiger partial charge in [0, 0.05) is 31.8 Å². The topological polar surface area (TPSA) is 50.7 Å². The van der Waals surface area contributed by atoms with Crippen molar-refractivity contribution in [2.75, 3.05) is 5.32 Å². The van der Waals surface area contributed by atoms with E-state index in [4.69, 9.17) is 32.9 Å². The molecular formula is C29H23BrCl2N2O2S.